The lowest BCUT2D eigenvalue weighted by atomic mass is 10.1. The molecule has 5 nitrogen and oxygen atoms in total. The van der Waals surface area contributed by atoms with Gasteiger partial charge in [-0.15, -0.1) is 0 Å². The van der Waals surface area contributed by atoms with Gasteiger partial charge in [0.25, 0.3) is 15.9 Å². The van der Waals surface area contributed by atoms with Crippen molar-refractivity contribution in [2.75, 3.05) is 11.4 Å². The molecule has 0 atom stereocenters. The summed E-state index contributed by atoms with van der Waals surface area (Å²) in [6.45, 7) is 0.179. The predicted molar refractivity (Wildman–Crippen MR) is 116 cm³/mol. The van der Waals surface area contributed by atoms with Gasteiger partial charge in [0.15, 0.2) is 0 Å². The van der Waals surface area contributed by atoms with Gasteiger partial charge < -0.3 is 5.32 Å². The van der Waals surface area contributed by atoms with E-state index in [9.17, 15) is 13.2 Å². The first-order chi connectivity index (χ1) is 13.8. The summed E-state index contributed by atoms with van der Waals surface area (Å²) in [6.07, 6.45) is 0. The zero-order valence-electron chi connectivity index (χ0n) is 15.5. The van der Waals surface area contributed by atoms with Crippen LogP contribution in [0.1, 0.15) is 15.9 Å². The van der Waals surface area contributed by atoms with Gasteiger partial charge in [0.1, 0.15) is 0 Å². The maximum atomic E-state index is 12.9. The number of amides is 1. The summed E-state index contributed by atoms with van der Waals surface area (Å²) < 4.78 is 27.0. The van der Waals surface area contributed by atoms with Crippen molar-refractivity contribution in [3.63, 3.8) is 0 Å². The molecule has 3 rings (SSSR count). The fourth-order valence-corrected chi connectivity index (χ4v) is 4.47. The first kappa shape index (κ1) is 21.2. The molecule has 0 aliphatic carbocycles. The molecule has 0 spiro atoms. The second-order valence-corrected chi connectivity index (χ2v) is 9.03. The van der Waals surface area contributed by atoms with Crippen LogP contribution in [0.5, 0.6) is 0 Å². The topological polar surface area (TPSA) is 66.5 Å². The molecule has 8 heteroatoms. The van der Waals surface area contributed by atoms with Crippen molar-refractivity contribution in [1.29, 1.82) is 0 Å². The number of carbonyl (C=O) groups is 1. The zero-order chi connectivity index (χ0) is 21.0. The van der Waals surface area contributed by atoms with Crippen molar-refractivity contribution in [2.24, 2.45) is 0 Å². The van der Waals surface area contributed by atoms with Gasteiger partial charge in [-0.3, -0.25) is 9.10 Å². The van der Waals surface area contributed by atoms with E-state index in [0.717, 1.165) is 4.31 Å². The Kier molecular flexibility index (Phi) is 6.47. The number of carbonyl (C=O) groups excluding carboxylic acids is 1. The van der Waals surface area contributed by atoms with Gasteiger partial charge in [-0.1, -0.05) is 59.6 Å². The molecule has 0 aliphatic heterocycles. The molecule has 0 saturated carbocycles. The van der Waals surface area contributed by atoms with Crippen LogP contribution in [0.15, 0.2) is 77.7 Å². The number of hydrogen-bond donors (Lipinski definition) is 1. The number of sulfonamides is 1. The standard InChI is InChI=1S/C21H18Cl2N2O3S/c1-25(29(27,28)17-7-3-2-4-8-17)20-10-6-5-9-18(20)21(26)24-14-15-11-12-16(22)13-19(15)23/h2-13H,14H2,1H3,(H,24,26). The van der Waals surface area contributed by atoms with E-state index in [4.69, 9.17) is 23.2 Å². The summed E-state index contributed by atoms with van der Waals surface area (Å²) in [5.74, 6) is -0.415. The average molecular weight is 449 g/mol. The van der Waals surface area contributed by atoms with Gasteiger partial charge in [0, 0.05) is 23.6 Å². The number of nitrogens with zero attached hydrogens (tertiary/aromatic N) is 1. The molecule has 0 fully saturated rings. The van der Waals surface area contributed by atoms with Crippen LogP contribution in [0.4, 0.5) is 5.69 Å². The Balaban J connectivity index is 1.85. The second-order valence-electron chi connectivity index (χ2n) is 6.22. The van der Waals surface area contributed by atoms with E-state index in [0.29, 0.717) is 15.6 Å². The summed E-state index contributed by atoms with van der Waals surface area (Å²) in [7, 11) is -2.39. The Bertz CT molecular complexity index is 1140. The molecule has 3 aromatic carbocycles. The first-order valence-corrected chi connectivity index (χ1v) is 10.9. The number of hydrogen-bond acceptors (Lipinski definition) is 3. The molecule has 29 heavy (non-hydrogen) atoms. The highest BCUT2D eigenvalue weighted by molar-refractivity contribution is 7.92. The average Bonchev–Trinajstić information content (AvgIpc) is 2.73. The van der Waals surface area contributed by atoms with Gasteiger partial charge in [-0.25, -0.2) is 8.42 Å². The Morgan fingerprint density at radius 2 is 1.62 bits per heavy atom. The minimum absolute atomic E-state index is 0.144. The first-order valence-electron chi connectivity index (χ1n) is 8.66. The molecule has 0 aromatic heterocycles. The van der Waals surface area contributed by atoms with Crippen LogP contribution in [0.25, 0.3) is 0 Å². The third-order valence-electron chi connectivity index (χ3n) is 4.34. The van der Waals surface area contributed by atoms with E-state index in [2.05, 4.69) is 5.32 Å². The summed E-state index contributed by atoms with van der Waals surface area (Å²) >= 11 is 12.0. The highest BCUT2D eigenvalue weighted by atomic mass is 35.5. The van der Waals surface area contributed by atoms with Gasteiger partial charge in [0.05, 0.1) is 16.1 Å². The minimum atomic E-state index is -3.81. The van der Waals surface area contributed by atoms with E-state index in [1.165, 1.54) is 19.2 Å². The lowest BCUT2D eigenvalue weighted by Gasteiger charge is -2.22. The molecule has 1 amide bonds. The highest BCUT2D eigenvalue weighted by Gasteiger charge is 2.24. The van der Waals surface area contributed by atoms with E-state index >= 15 is 0 Å². The number of benzene rings is 3. The fourth-order valence-electron chi connectivity index (χ4n) is 2.76. The predicted octanol–water partition coefficient (Wildman–Crippen LogP) is 4.75. The van der Waals surface area contributed by atoms with Crippen molar-refractivity contribution in [2.45, 2.75) is 11.4 Å². The Labute approximate surface area is 179 Å². The Hall–Kier alpha value is -2.54. The summed E-state index contributed by atoms with van der Waals surface area (Å²) in [5, 5.41) is 3.72. The van der Waals surface area contributed by atoms with Crippen LogP contribution in [0.3, 0.4) is 0 Å². The number of anilines is 1. The third-order valence-corrected chi connectivity index (χ3v) is 6.72. The van der Waals surface area contributed by atoms with E-state index in [-0.39, 0.29) is 22.7 Å². The normalized spacial score (nSPS) is 11.1. The molecule has 0 unspecified atom stereocenters. The fraction of sp³-hybridized carbons (Fsp3) is 0.0952. The summed E-state index contributed by atoms with van der Waals surface area (Å²) in [4.78, 5) is 12.9. The van der Waals surface area contributed by atoms with Crippen LogP contribution in [0.2, 0.25) is 10.0 Å². The molecule has 150 valence electrons. The molecular formula is C21H18Cl2N2O3S. The molecule has 0 radical (unpaired) electrons. The maximum absolute atomic E-state index is 12.9. The molecule has 3 aromatic rings. The molecule has 0 aliphatic rings. The van der Waals surface area contributed by atoms with Gasteiger partial charge in [0.2, 0.25) is 0 Å². The van der Waals surface area contributed by atoms with E-state index in [1.54, 1.807) is 60.7 Å². The van der Waals surface area contributed by atoms with E-state index < -0.39 is 15.9 Å². The highest BCUT2D eigenvalue weighted by Crippen LogP contribution is 2.26. The smallest absolute Gasteiger partial charge is 0.264 e. The number of rotatable bonds is 6. The Morgan fingerprint density at radius 3 is 2.31 bits per heavy atom. The van der Waals surface area contributed by atoms with Crippen LogP contribution in [-0.4, -0.2) is 21.4 Å². The monoisotopic (exact) mass is 448 g/mol. The Morgan fingerprint density at radius 1 is 0.966 bits per heavy atom. The summed E-state index contributed by atoms with van der Waals surface area (Å²) in [5.41, 5.74) is 1.21. The lowest BCUT2D eigenvalue weighted by molar-refractivity contribution is 0.0951. The number of para-hydroxylation sites is 1. The molecule has 1 N–H and O–H groups in total. The van der Waals surface area contributed by atoms with Crippen LogP contribution in [0, 0.1) is 0 Å². The third kappa shape index (κ3) is 4.72. The second kappa shape index (κ2) is 8.86. The molecule has 0 bridgehead atoms. The number of nitrogens with one attached hydrogen (secondary N) is 1. The molecule has 0 saturated heterocycles. The van der Waals surface area contributed by atoms with Crippen LogP contribution < -0.4 is 9.62 Å². The largest absolute Gasteiger partial charge is 0.348 e. The van der Waals surface area contributed by atoms with Gasteiger partial charge in [-0.2, -0.15) is 0 Å². The quantitative estimate of drug-likeness (QED) is 0.591. The van der Waals surface area contributed by atoms with Gasteiger partial charge >= 0.3 is 0 Å². The lowest BCUT2D eigenvalue weighted by Crippen LogP contribution is -2.30. The van der Waals surface area contributed by atoms with Crippen molar-refractivity contribution in [1.82, 2.24) is 5.32 Å². The van der Waals surface area contributed by atoms with Crippen molar-refractivity contribution < 1.29 is 13.2 Å². The van der Waals surface area contributed by atoms with Crippen molar-refractivity contribution in [3.8, 4) is 0 Å². The van der Waals surface area contributed by atoms with Crippen molar-refractivity contribution in [3.05, 3.63) is 94.0 Å². The summed E-state index contributed by atoms with van der Waals surface area (Å²) in [6, 6.07) is 19.6. The SMILES string of the molecule is CN(c1ccccc1C(=O)NCc1ccc(Cl)cc1Cl)S(=O)(=O)c1ccccc1. The maximum Gasteiger partial charge on any atom is 0.264 e. The van der Waals surface area contributed by atoms with E-state index in [1.807, 2.05) is 0 Å². The number of halogens is 2. The minimum Gasteiger partial charge on any atom is -0.348 e. The zero-order valence-corrected chi connectivity index (χ0v) is 17.8. The van der Waals surface area contributed by atoms with Crippen LogP contribution in [-0.2, 0) is 16.6 Å². The molecule has 0 heterocycles. The van der Waals surface area contributed by atoms with Crippen LogP contribution >= 0.6 is 23.2 Å². The molecular weight excluding hydrogens is 431 g/mol. The van der Waals surface area contributed by atoms with Crippen molar-refractivity contribution >= 4 is 44.8 Å². The van der Waals surface area contributed by atoms with Gasteiger partial charge in [-0.05, 0) is 42.0 Å².